The SMILES string of the molecule is CN1Cc2cc(Nc3ncc(Cl)c(N4CC(C)(C(=O)O)c5cc(F)ccc54)n3)cc3c2C(COC3)C1. The zero-order valence-electron chi connectivity index (χ0n) is 19.9. The number of carbonyl (C=O) groups is 1. The largest absolute Gasteiger partial charge is 0.481 e. The van der Waals surface area contributed by atoms with Gasteiger partial charge in [-0.1, -0.05) is 11.6 Å². The summed E-state index contributed by atoms with van der Waals surface area (Å²) in [5, 5.41) is 13.5. The molecule has 3 aromatic rings. The van der Waals surface area contributed by atoms with Crippen LogP contribution < -0.4 is 10.2 Å². The molecule has 2 aromatic carbocycles. The first kappa shape index (κ1) is 23.1. The molecule has 186 valence electrons. The molecular weight excluding hydrogens is 485 g/mol. The topological polar surface area (TPSA) is 90.8 Å². The Balaban J connectivity index is 1.36. The number of fused-ring (bicyclic) bond motifs is 1. The van der Waals surface area contributed by atoms with Gasteiger partial charge in [0.25, 0.3) is 0 Å². The average molecular weight is 510 g/mol. The van der Waals surface area contributed by atoms with Crippen molar-refractivity contribution in [3.05, 3.63) is 69.6 Å². The Kier molecular flexibility index (Phi) is 5.40. The van der Waals surface area contributed by atoms with E-state index in [1.54, 1.807) is 17.9 Å². The van der Waals surface area contributed by atoms with Gasteiger partial charge in [0.2, 0.25) is 5.95 Å². The third-order valence-electron chi connectivity index (χ3n) is 7.34. The van der Waals surface area contributed by atoms with Crippen LogP contribution in [0.4, 0.5) is 27.5 Å². The van der Waals surface area contributed by atoms with E-state index in [-0.39, 0.29) is 11.6 Å². The molecule has 10 heteroatoms. The Bertz CT molecular complexity index is 1400. The van der Waals surface area contributed by atoms with Crippen LogP contribution in [-0.4, -0.2) is 52.7 Å². The second-order valence-corrected chi connectivity index (χ2v) is 10.4. The Morgan fingerprint density at radius 3 is 2.92 bits per heavy atom. The van der Waals surface area contributed by atoms with Crippen LogP contribution in [0.15, 0.2) is 36.5 Å². The maximum Gasteiger partial charge on any atom is 0.315 e. The molecule has 3 aliphatic rings. The van der Waals surface area contributed by atoms with E-state index in [2.05, 4.69) is 39.4 Å². The summed E-state index contributed by atoms with van der Waals surface area (Å²) in [5.74, 6) is -0.485. The molecule has 0 spiro atoms. The van der Waals surface area contributed by atoms with Gasteiger partial charge in [-0.3, -0.25) is 4.79 Å². The number of rotatable bonds is 4. The van der Waals surface area contributed by atoms with E-state index in [1.165, 1.54) is 35.0 Å². The number of nitrogens with one attached hydrogen (secondary N) is 1. The molecular formula is C26H25ClFN5O3. The van der Waals surface area contributed by atoms with Crippen LogP contribution in [0.25, 0.3) is 0 Å². The molecule has 8 nitrogen and oxygen atoms in total. The maximum atomic E-state index is 14.0. The molecule has 0 fully saturated rings. The number of aliphatic carboxylic acids is 1. The summed E-state index contributed by atoms with van der Waals surface area (Å²) in [4.78, 5) is 25.2. The van der Waals surface area contributed by atoms with Gasteiger partial charge in [0.15, 0.2) is 5.82 Å². The summed E-state index contributed by atoms with van der Waals surface area (Å²) in [7, 11) is 2.11. The summed E-state index contributed by atoms with van der Waals surface area (Å²) in [6.45, 7) is 4.78. The average Bonchev–Trinajstić information content (AvgIpc) is 3.13. The van der Waals surface area contributed by atoms with Crippen LogP contribution in [-0.2, 0) is 28.1 Å². The summed E-state index contributed by atoms with van der Waals surface area (Å²) < 4.78 is 19.9. The number of hydrogen-bond acceptors (Lipinski definition) is 7. The lowest BCUT2D eigenvalue weighted by Gasteiger charge is -2.37. The molecule has 0 amide bonds. The van der Waals surface area contributed by atoms with Gasteiger partial charge < -0.3 is 25.0 Å². The van der Waals surface area contributed by atoms with E-state index in [0.29, 0.717) is 35.5 Å². The van der Waals surface area contributed by atoms with Crippen molar-refractivity contribution in [1.82, 2.24) is 14.9 Å². The number of benzene rings is 2. The second kappa shape index (κ2) is 8.40. The fourth-order valence-corrected chi connectivity index (χ4v) is 5.87. The van der Waals surface area contributed by atoms with Crippen LogP contribution in [0.5, 0.6) is 0 Å². The lowest BCUT2D eigenvalue weighted by atomic mass is 9.85. The van der Waals surface area contributed by atoms with Gasteiger partial charge in [-0.05, 0) is 66.6 Å². The van der Waals surface area contributed by atoms with E-state index < -0.39 is 17.2 Å². The number of nitrogens with zero attached hydrogens (tertiary/aromatic N) is 4. The monoisotopic (exact) mass is 509 g/mol. The first-order chi connectivity index (χ1) is 17.2. The molecule has 2 unspecified atom stereocenters. The molecule has 2 atom stereocenters. The zero-order chi connectivity index (χ0) is 25.2. The summed E-state index contributed by atoms with van der Waals surface area (Å²) >= 11 is 6.49. The number of carboxylic acids is 1. The van der Waals surface area contributed by atoms with Crippen molar-refractivity contribution in [2.75, 3.05) is 37.0 Å². The number of halogens is 2. The molecule has 36 heavy (non-hydrogen) atoms. The van der Waals surface area contributed by atoms with E-state index in [1.807, 2.05) is 0 Å². The molecule has 6 rings (SSSR count). The Morgan fingerprint density at radius 2 is 2.11 bits per heavy atom. The van der Waals surface area contributed by atoms with Crippen molar-refractivity contribution >= 4 is 40.7 Å². The van der Waals surface area contributed by atoms with Gasteiger partial charge in [0.1, 0.15) is 16.3 Å². The molecule has 1 aromatic heterocycles. The van der Waals surface area contributed by atoms with Gasteiger partial charge in [0.05, 0.1) is 19.4 Å². The predicted octanol–water partition coefficient (Wildman–Crippen LogP) is 4.57. The van der Waals surface area contributed by atoms with E-state index in [0.717, 1.165) is 25.4 Å². The molecule has 0 radical (unpaired) electrons. The molecule has 0 saturated heterocycles. The van der Waals surface area contributed by atoms with Crippen molar-refractivity contribution in [1.29, 1.82) is 0 Å². The molecule has 3 aliphatic heterocycles. The first-order valence-electron chi connectivity index (χ1n) is 11.8. The fraction of sp³-hybridized carbons (Fsp3) is 0.346. The van der Waals surface area contributed by atoms with Crippen LogP contribution in [0.3, 0.4) is 0 Å². The van der Waals surface area contributed by atoms with E-state index in [9.17, 15) is 14.3 Å². The van der Waals surface area contributed by atoms with Crippen molar-refractivity contribution in [2.24, 2.45) is 0 Å². The highest BCUT2D eigenvalue weighted by Crippen LogP contribution is 2.46. The van der Waals surface area contributed by atoms with Gasteiger partial charge in [-0.25, -0.2) is 9.37 Å². The number of anilines is 4. The summed E-state index contributed by atoms with van der Waals surface area (Å²) in [5.41, 5.74) is 4.28. The second-order valence-electron chi connectivity index (χ2n) is 9.99. The summed E-state index contributed by atoms with van der Waals surface area (Å²) in [6, 6.07) is 8.33. The highest BCUT2D eigenvalue weighted by Gasteiger charge is 2.46. The van der Waals surface area contributed by atoms with Gasteiger partial charge in [-0.15, -0.1) is 0 Å². The summed E-state index contributed by atoms with van der Waals surface area (Å²) in [6.07, 6.45) is 1.49. The molecule has 0 aliphatic carbocycles. The lowest BCUT2D eigenvalue weighted by Crippen LogP contribution is -2.36. The molecule has 2 N–H and O–H groups in total. The lowest BCUT2D eigenvalue weighted by molar-refractivity contribution is -0.142. The smallest absolute Gasteiger partial charge is 0.315 e. The quantitative estimate of drug-likeness (QED) is 0.529. The minimum absolute atomic E-state index is 0.0609. The van der Waals surface area contributed by atoms with Crippen molar-refractivity contribution in [3.63, 3.8) is 0 Å². The number of likely N-dealkylation sites (N-methyl/N-ethyl adjacent to an activating group) is 1. The number of aromatic nitrogens is 2. The normalized spacial score (nSPS) is 22.8. The van der Waals surface area contributed by atoms with E-state index in [4.69, 9.17) is 16.3 Å². The molecule has 4 heterocycles. The third-order valence-corrected chi connectivity index (χ3v) is 7.60. The van der Waals surface area contributed by atoms with Gasteiger partial charge >= 0.3 is 5.97 Å². The van der Waals surface area contributed by atoms with Crippen molar-refractivity contribution < 1.29 is 19.0 Å². The third kappa shape index (κ3) is 3.70. The van der Waals surface area contributed by atoms with Crippen LogP contribution in [0.2, 0.25) is 5.02 Å². The Labute approximate surface area is 212 Å². The van der Waals surface area contributed by atoms with Gasteiger partial charge in [-0.2, -0.15) is 4.98 Å². The van der Waals surface area contributed by atoms with Gasteiger partial charge in [0, 0.05) is 36.9 Å². The van der Waals surface area contributed by atoms with Crippen molar-refractivity contribution in [3.8, 4) is 0 Å². The standard InChI is InChI=1S/C26H25ClFN5O3/c1-26(24(34)35)13-33(21-4-3-17(28)7-19(21)26)23-20(27)8-29-25(31-23)30-18-5-14-9-32(2)10-16-12-36-11-15(6-18)22(14)16/h3-8,16H,9-13H2,1-2H3,(H,34,35)(H,29,30,31). The first-order valence-corrected chi connectivity index (χ1v) is 12.1. The molecule has 0 bridgehead atoms. The Morgan fingerprint density at radius 1 is 1.31 bits per heavy atom. The number of hydrogen-bond donors (Lipinski definition) is 2. The van der Waals surface area contributed by atoms with Crippen LogP contribution >= 0.6 is 11.6 Å². The van der Waals surface area contributed by atoms with E-state index >= 15 is 0 Å². The highest BCUT2D eigenvalue weighted by atomic mass is 35.5. The predicted molar refractivity (Wildman–Crippen MR) is 134 cm³/mol. The number of ether oxygens (including phenoxy) is 1. The minimum atomic E-state index is -1.32. The zero-order valence-corrected chi connectivity index (χ0v) is 20.6. The highest BCUT2D eigenvalue weighted by molar-refractivity contribution is 6.33. The number of carboxylic acid groups (broad SMARTS) is 1. The minimum Gasteiger partial charge on any atom is -0.481 e. The van der Waals surface area contributed by atoms with Crippen LogP contribution in [0, 0.1) is 5.82 Å². The fourth-order valence-electron chi connectivity index (χ4n) is 5.68. The maximum absolute atomic E-state index is 14.0. The van der Waals surface area contributed by atoms with Crippen molar-refractivity contribution in [2.45, 2.75) is 31.4 Å². The Hall–Kier alpha value is -3.27. The van der Waals surface area contributed by atoms with Crippen LogP contribution in [0.1, 0.15) is 35.1 Å². The molecule has 0 saturated carbocycles.